The van der Waals surface area contributed by atoms with Gasteiger partial charge in [-0.05, 0) is 18.1 Å². The van der Waals surface area contributed by atoms with Crippen LogP contribution in [0.3, 0.4) is 0 Å². The van der Waals surface area contributed by atoms with Gasteiger partial charge in [0.25, 0.3) is 0 Å². The Morgan fingerprint density at radius 3 is 2.90 bits per heavy atom. The lowest BCUT2D eigenvalue weighted by molar-refractivity contribution is -0.127. The molecule has 1 heterocycles. The van der Waals surface area contributed by atoms with Gasteiger partial charge in [-0.1, -0.05) is 30.0 Å². The number of benzene rings is 1. The number of rotatable bonds is 5. The molecule has 20 heavy (non-hydrogen) atoms. The number of carbonyl (C=O) groups is 2. The van der Waals surface area contributed by atoms with Crippen molar-refractivity contribution in [1.82, 2.24) is 4.90 Å². The molecule has 1 saturated heterocycles. The summed E-state index contributed by atoms with van der Waals surface area (Å²) in [7, 11) is 1.65. The number of methoxy groups -OCH3 is 1. The van der Waals surface area contributed by atoms with E-state index in [1.54, 1.807) is 14.0 Å². The maximum absolute atomic E-state index is 11.9. The molecule has 108 valence electrons. The third kappa shape index (κ3) is 3.76. The van der Waals surface area contributed by atoms with Gasteiger partial charge in [0, 0.05) is 31.7 Å². The number of hydrogen-bond donors (Lipinski definition) is 0. The molecule has 0 radical (unpaired) electrons. The first-order valence-electron chi connectivity index (χ1n) is 6.67. The van der Waals surface area contributed by atoms with Gasteiger partial charge in [-0.25, -0.2) is 0 Å². The Kier molecular flexibility index (Phi) is 5.06. The molecule has 1 aliphatic rings. The molecular formula is C15H19NO3S. The third-order valence-corrected chi connectivity index (χ3v) is 4.34. The molecule has 2 rings (SSSR count). The van der Waals surface area contributed by atoms with Gasteiger partial charge in [-0.3, -0.25) is 9.59 Å². The Morgan fingerprint density at radius 1 is 1.45 bits per heavy atom. The highest BCUT2D eigenvalue weighted by Crippen LogP contribution is 2.25. The van der Waals surface area contributed by atoms with Crippen LogP contribution < -0.4 is 4.74 Å². The SMILES string of the molecule is COc1ccccc1CCN1CC(SC(C)=O)CC1=O. The van der Waals surface area contributed by atoms with E-state index in [0.717, 1.165) is 17.7 Å². The van der Waals surface area contributed by atoms with Crippen LogP contribution in [0.15, 0.2) is 24.3 Å². The quantitative estimate of drug-likeness (QED) is 0.834. The minimum absolute atomic E-state index is 0.0781. The number of thioether (sulfide) groups is 1. The summed E-state index contributed by atoms with van der Waals surface area (Å²) in [6.45, 7) is 2.89. The molecule has 0 N–H and O–H groups in total. The molecule has 1 aromatic carbocycles. The third-order valence-electron chi connectivity index (χ3n) is 3.36. The number of carbonyl (C=O) groups excluding carboxylic acids is 2. The van der Waals surface area contributed by atoms with Gasteiger partial charge < -0.3 is 9.64 Å². The van der Waals surface area contributed by atoms with E-state index in [2.05, 4.69) is 0 Å². The molecular weight excluding hydrogens is 274 g/mol. The average Bonchev–Trinajstić information content (AvgIpc) is 2.76. The predicted molar refractivity (Wildman–Crippen MR) is 80.0 cm³/mol. The second-order valence-corrected chi connectivity index (χ2v) is 6.31. The summed E-state index contributed by atoms with van der Waals surface area (Å²) in [5.74, 6) is 0.993. The maximum Gasteiger partial charge on any atom is 0.223 e. The lowest BCUT2D eigenvalue weighted by atomic mass is 10.1. The normalized spacial score (nSPS) is 18.4. The lowest BCUT2D eigenvalue weighted by Gasteiger charge is -2.17. The van der Waals surface area contributed by atoms with E-state index in [4.69, 9.17) is 4.74 Å². The van der Waals surface area contributed by atoms with Crippen molar-refractivity contribution in [2.75, 3.05) is 20.2 Å². The molecule has 1 atom stereocenters. The zero-order valence-electron chi connectivity index (χ0n) is 11.8. The first-order valence-corrected chi connectivity index (χ1v) is 7.55. The van der Waals surface area contributed by atoms with E-state index < -0.39 is 0 Å². The fourth-order valence-corrected chi connectivity index (χ4v) is 3.38. The van der Waals surface area contributed by atoms with Gasteiger partial charge in [0.15, 0.2) is 5.12 Å². The van der Waals surface area contributed by atoms with Crippen molar-refractivity contribution in [3.8, 4) is 5.75 Å². The van der Waals surface area contributed by atoms with Crippen LogP contribution in [0, 0.1) is 0 Å². The van der Waals surface area contributed by atoms with Crippen LogP contribution in [0.5, 0.6) is 5.75 Å². The topological polar surface area (TPSA) is 46.6 Å². The highest BCUT2D eigenvalue weighted by Gasteiger charge is 2.30. The van der Waals surface area contributed by atoms with E-state index in [9.17, 15) is 9.59 Å². The molecule has 1 fully saturated rings. The van der Waals surface area contributed by atoms with E-state index >= 15 is 0 Å². The Morgan fingerprint density at radius 2 is 2.20 bits per heavy atom. The van der Waals surface area contributed by atoms with Crippen molar-refractivity contribution in [3.05, 3.63) is 29.8 Å². The number of amides is 1. The molecule has 0 spiro atoms. The Hall–Kier alpha value is -1.49. The van der Waals surface area contributed by atoms with Gasteiger partial charge in [-0.15, -0.1) is 0 Å². The molecule has 0 aliphatic carbocycles. The summed E-state index contributed by atoms with van der Waals surface area (Å²) in [6, 6.07) is 7.84. The molecule has 1 amide bonds. The summed E-state index contributed by atoms with van der Waals surface area (Å²) in [6.07, 6.45) is 1.24. The molecule has 1 unspecified atom stereocenters. The highest BCUT2D eigenvalue weighted by molar-refractivity contribution is 8.14. The van der Waals surface area contributed by atoms with Crippen LogP contribution in [0.1, 0.15) is 18.9 Å². The van der Waals surface area contributed by atoms with Crippen molar-refractivity contribution in [1.29, 1.82) is 0 Å². The van der Waals surface area contributed by atoms with E-state index in [1.165, 1.54) is 11.8 Å². The van der Waals surface area contributed by atoms with Crippen molar-refractivity contribution in [3.63, 3.8) is 0 Å². The summed E-state index contributed by atoms with van der Waals surface area (Å²) in [5.41, 5.74) is 1.10. The summed E-state index contributed by atoms with van der Waals surface area (Å²) >= 11 is 1.27. The molecule has 0 saturated carbocycles. The summed E-state index contributed by atoms with van der Waals surface area (Å²) in [5, 5.41) is 0.187. The van der Waals surface area contributed by atoms with Crippen LogP contribution >= 0.6 is 11.8 Å². The zero-order valence-corrected chi connectivity index (χ0v) is 12.6. The van der Waals surface area contributed by atoms with Crippen LogP contribution in [0.4, 0.5) is 0 Å². The minimum atomic E-state index is 0.0781. The van der Waals surface area contributed by atoms with Crippen LogP contribution in [-0.4, -0.2) is 41.4 Å². The zero-order chi connectivity index (χ0) is 14.5. The monoisotopic (exact) mass is 293 g/mol. The molecule has 1 aliphatic heterocycles. The average molecular weight is 293 g/mol. The Balaban J connectivity index is 1.91. The van der Waals surface area contributed by atoms with Crippen molar-refractivity contribution >= 4 is 22.8 Å². The largest absolute Gasteiger partial charge is 0.496 e. The van der Waals surface area contributed by atoms with Crippen molar-refractivity contribution in [2.45, 2.75) is 25.0 Å². The van der Waals surface area contributed by atoms with E-state index in [0.29, 0.717) is 19.5 Å². The fourth-order valence-electron chi connectivity index (χ4n) is 2.43. The van der Waals surface area contributed by atoms with Crippen molar-refractivity contribution in [2.24, 2.45) is 0 Å². The van der Waals surface area contributed by atoms with Gasteiger partial charge in [0.1, 0.15) is 5.75 Å². The first kappa shape index (κ1) is 14.9. The van der Waals surface area contributed by atoms with Gasteiger partial charge in [0.05, 0.1) is 7.11 Å². The summed E-state index contributed by atoms with van der Waals surface area (Å²) < 4.78 is 5.31. The van der Waals surface area contributed by atoms with Crippen molar-refractivity contribution < 1.29 is 14.3 Å². The second-order valence-electron chi connectivity index (χ2n) is 4.84. The standard InChI is InChI=1S/C15H19NO3S/c1-11(17)20-13-9-15(18)16(10-13)8-7-12-5-3-4-6-14(12)19-2/h3-6,13H,7-10H2,1-2H3. The maximum atomic E-state index is 11.9. The van der Waals surface area contributed by atoms with Gasteiger partial charge in [0.2, 0.25) is 5.91 Å². The number of likely N-dealkylation sites (tertiary alicyclic amines) is 1. The highest BCUT2D eigenvalue weighted by atomic mass is 32.2. The number of nitrogens with zero attached hydrogens (tertiary/aromatic N) is 1. The minimum Gasteiger partial charge on any atom is -0.496 e. The van der Waals surface area contributed by atoms with Gasteiger partial charge >= 0.3 is 0 Å². The van der Waals surface area contributed by atoms with Gasteiger partial charge in [-0.2, -0.15) is 0 Å². The molecule has 5 heteroatoms. The Labute approximate surface area is 123 Å². The van der Waals surface area contributed by atoms with E-state index in [-0.39, 0.29) is 16.3 Å². The van der Waals surface area contributed by atoms with Crippen LogP contribution in [0.25, 0.3) is 0 Å². The van der Waals surface area contributed by atoms with Crippen LogP contribution in [0.2, 0.25) is 0 Å². The first-order chi connectivity index (χ1) is 9.60. The molecule has 0 aromatic heterocycles. The molecule has 4 nitrogen and oxygen atoms in total. The smallest absolute Gasteiger partial charge is 0.223 e. The van der Waals surface area contributed by atoms with Crippen LogP contribution in [-0.2, 0) is 16.0 Å². The predicted octanol–water partition coefficient (Wildman–Crippen LogP) is 2.12. The molecule has 0 bridgehead atoms. The second kappa shape index (κ2) is 6.79. The summed E-state index contributed by atoms with van der Waals surface area (Å²) in [4.78, 5) is 24.8. The van der Waals surface area contributed by atoms with E-state index in [1.807, 2.05) is 29.2 Å². The number of hydrogen-bond acceptors (Lipinski definition) is 4. The number of ether oxygens (including phenoxy) is 1. The number of para-hydroxylation sites is 1. The Bertz CT molecular complexity index is 504. The lowest BCUT2D eigenvalue weighted by Crippen LogP contribution is -2.28. The fraction of sp³-hybridized carbons (Fsp3) is 0.467. The molecule has 1 aromatic rings.